The van der Waals surface area contributed by atoms with E-state index in [0.717, 1.165) is 43.9 Å². The molecule has 6 nitrogen and oxygen atoms in total. The van der Waals surface area contributed by atoms with Gasteiger partial charge in [0.1, 0.15) is 11.5 Å². The number of hydrogen-bond donors (Lipinski definition) is 1. The first-order valence-corrected chi connectivity index (χ1v) is 10.2. The van der Waals surface area contributed by atoms with Gasteiger partial charge in [0.2, 0.25) is 5.91 Å². The second kappa shape index (κ2) is 10.8. The summed E-state index contributed by atoms with van der Waals surface area (Å²) in [4.78, 5) is 17.5. The van der Waals surface area contributed by atoms with Crippen LogP contribution in [0.4, 0.5) is 0 Å². The van der Waals surface area contributed by atoms with Crippen molar-refractivity contribution in [3.63, 3.8) is 0 Å². The van der Waals surface area contributed by atoms with Crippen molar-refractivity contribution in [2.75, 3.05) is 54.0 Å². The van der Waals surface area contributed by atoms with Gasteiger partial charge in [0.15, 0.2) is 0 Å². The molecular weight excluding hydrogens is 378 g/mol. The van der Waals surface area contributed by atoms with Crippen LogP contribution in [0.1, 0.15) is 17.2 Å². The number of piperazine rings is 1. The first kappa shape index (κ1) is 21.9. The van der Waals surface area contributed by atoms with Crippen LogP contribution >= 0.6 is 0 Å². The smallest absolute Gasteiger partial charge is 0.244 e. The van der Waals surface area contributed by atoms with E-state index >= 15 is 0 Å². The lowest BCUT2D eigenvalue weighted by atomic mass is 10.1. The predicted octanol–water partition coefficient (Wildman–Crippen LogP) is 2.82. The van der Waals surface area contributed by atoms with Crippen LogP contribution in [0.25, 0.3) is 6.08 Å². The molecular formula is C24H31N3O3. The van der Waals surface area contributed by atoms with E-state index in [-0.39, 0.29) is 11.9 Å². The zero-order chi connectivity index (χ0) is 21.3. The fraction of sp³-hybridized carbons (Fsp3) is 0.375. The van der Waals surface area contributed by atoms with Crippen LogP contribution in [0.15, 0.2) is 54.6 Å². The summed E-state index contributed by atoms with van der Waals surface area (Å²) in [6.45, 7) is 4.91. The molecule has 0 aromatic heterocycles. The molecule has 1 atom stereocenters. The normalized spacial score (nSPS) is 16.4. The van der Waals surface area contributed by atoms with Gasteiger partial charge < -0.3 is 19.7 Å². The standard InChI is InChI=1S/C24H31N3O3/c1-26-11-13-27(14-12-26)18-23(20-7-5-4-6-8-20)25-24(28)10-9-19-15-21(29-2)17-22(16-19)30-3/h4-10,15-17,23H,11-14,18H2,1-3H3,(H,25,28)/b10-9+. The summed E-state index contributed by atoms with van der Waals surface area (Å²) in [5.74, 6) is 1.25. The van der Waals surface area contributed by atoms with Gasteiger partial charge in [0.25, 0.3) is 0 Å². The molecule has 1 aliphatic heterocycles. The molecule has 0 saturated carbocycles. The van der Waals surface area contributed by atoms with Crippen LogP contribution in [-0.2, 0) is 4.79 Å². The zero-order valence-corrected chi connectivity index (χ0v) is 18.0. The van der Waals surface area contributed by atoms with E-state index in [4.69, 9.17) is 9.47 Å². The highest BCUT2D eigenvalue weighted by atomic mass is 16.5. The molecule has 1 heterocycles. The minimum Gasteiger partial charge on any atom is -0.497 e. The lowest BCUT2D eigenvalue weighted by Gasteiger charge is -2.34. The lowest BCUT2D eigenvalue weighted by molar-refractivity contribution is -0.117. The van der Waals surface area contributed by atoms with Gasteiger partial charge in [-0.2, -0.15) is 0 Å². The highest BCUT2D eigenvalue weighted by molar-refractivity contribution is 5.92. The number of carbonyl (C=O) groups is 1. The number of benzene rings is 2. The highest BCUT2D eigenvalue weighted by Crippen LogP contribution is 2.23. The molecule has 0 radical (unpaired) electrons. The Hall–Kier alpha value is -2.83. The quantitative estimate of drug-likeness (QED) is 0.680. The van der Waals surface area contributed by atoms with E-state index in [9.17, 15) is 4.79 Å². The number of rotatable bonds is 8. The Kier molecular flexibility index (Phi) is 7.88. The van der Waals surface area contributed by atoms with Gasteiger partial charge in [0, 0.05) is 44.9 Å². The maximum absolute atomic E-state index is 12.7. The number of methoxy groups -OCH3 is 2. The highest BCUT2D eigenvalue weighted by Gasteiger charge is 2.20. The fourth-order valence-electron chi connectivity index (χ4n) is 3.53. The molecule has 160 valence electrons. The van der Waals surface area contributed by atoms with E-state index < -0.39 is 0 Å². The number of ether oxygens (including phenoxy) is 2. The molecule has 1 amide bonds. The maximum atomic E-state index is 12.7. The van der Waals surface area contributed by atoms with Crippen LogP contribution in [0.5, 0.6) is 11.5 Å². The molecule has 1 unspecified atom stereocenters. The van der Waals surface area contributed by atoms with Crippen molar-refractivity contribution in [3.05, 3.63) is 65.7 Å². The van der Waals surface area contributed by atoms with Crippen LogP contribution in [0.2, 0.25) is 0 Å². The summed E-state index contributed by atoms with van der Waals surface area (Å²) in [6.07, 6.45) is 3.34. The Morgan fingerprint density at radius 1 is 1.03 bits per heavy atom. The second-order valence-corrected chi connectivity index (χ2v) is 7.56. The molecule has 0 spiro atoms. The monoisotopic (exact) mass is 409 g/mol. The summed E-state index contributed by atoms with van der Waals surface area (Å²) >= 11 is 0. The average molecular weight is 410 g/mol. The minimum absolute atomic E-state index is 0.0633. The van der Waals surface area contributed by atoms with Crippen molar-refractivity contribution < 1.29 is 14.3 Å². The summed E-state index contributed by atoms with van der Waals surface area (Å²) < 4.78 is 10.6. The molecule has 1 saturated heterocycles. The van der Waals surface area contributed by atoms with Crippen LogP contribution < -0.4 is 14.8 Å². The average Bonchev–Trinajstić information content (AvgIpc) is 2.79. The Labute approximate surface area is 179 Å². The van der Waals surface area contributed by atoms with Gasteiger partial charge in [-0.15, -0.1) is 0 Å². The van der Waals surface area contributed by atoms with Crippen molar-refractivity contribution in [3.8, 4) is 11.5 Å². The third-order valence-electron chi connectivity index (χ3n) is 5.36. The summed E-state index contributed by atoms with van der Waals surface area (Å²) in [7, 11) is 5.36. The number of hydrogen-bond acceptors (Lipinski definition) is 5. The third-order valence-corrected chi connectivity index (χ3v) is 5.36. The number of nitrogens with one attached hydrogen (secondary N) is 1. The van der Waals surface area contributed by atoms with Crippen molar-refractivity contribution in [2.45, 2.75) is 6.04 Å². The third kappa shape index (κ3) is 6.34. The molecule has 2 aromatic rings. The van der Waals surface area contributed by atoms with Crippen molar-refractivity contribution in [1.29, 1.82) is 0 Å². The SMILES string of the molecule is COc1cc(/C=C/C(=O)NC(CN2CCN(C)CC2)c2ccccc2)cc(OC)c1. The number of nitrogens with zero attached hydrogens (tertiary/aromatic N) is 2. The predicted molar refractivity (Wildman–Crippen MR) is 120 cm³/mol. The molecule has 1 aliphatic rings. The second-order valence-electron chi connectivity index (χ2n) is 7.56. The molecule has 0 aliphatic carbocycles. The lowest BCUT2D eigenvalue weighted by Crippen LogP contribution is -2.47. The topological polar surface area (TPSA) is 54.0 Å². The largest absolute Gasteiger partial charge is 0.497 e. The van der Waals surface area contributed by atoms with Crippen LogP contribution in [-0.4, -0.2) is 69.7 Å². The zero-order valence-electron chi connectivity index (χ0n) is 18.0. The maximum Gasteiger partial charge on any atom is 0.244 e. The van der Waals surface area contributed by atoms with E-state index in [1.165, 1.54) is 0 Å². The van der Waals surface area contributed by atoms with Gasteiger partial charge in [-0.05, 0) is 36.4 Å². The fourth-order valence-corrected chi connectivity index (χ4v) is 3.53. The van der Waals surface area contributed by atoms with Crippen molar-refractivity contribution in [1.82, 2.24) is 15.1 Å². The minimum atomic E-state index is -0.125. The molecule has 0 bridgehead atoms. The van der Waals surface area contributed by atoms with Gasteiger partial charge >= 0.3 is 0 Å². The van der Waals surface area contributed by atoms with Gasteiger partial charge in [0.05, 0.1) is 20.3 Å². The molecule has 1 N–H and O–H groups in total. The van der Waals surface area contributed by atoms with E-state index in [0.29, 0.717) is 11.5 Å². The summed E-state index contributed by atoms with van der Waals surface area (Å²) in [5, 5.41) is 3.18. The van der Waals surface area contributed by atoms with Gasteiger partial charge in [-0.3, -0.25) is 9.69 Å². The van der Waals surface area contributed by atoms with Gasteiger partial charge in [-0.25, -0.2) is 0 Å². The Balaban J connectivity index is 1.69. The number of likely N-dealkylation sites (N-methyl/N-ethyl adjacent to an activating group) is 1. The number of carbonyl (C=O) groups excluding carboxylic acids is 1. The van der Waals surface area contributed by atoms with E-state index in [1.54, 1.807) is 32.4 Å². The van der Waals surface area contributed by atoms with Crippen LogP contribution in [0, 0.1) is 0 Å². The number of amides is 1. The summed E-state index contributed by atoms with van der Waals surface area (Å²) in [5.41, 5.74) is 1.96. The molecule has 3 rings (SSSR count). The van der Waals surface area contributed by atoms with Gasteiger partial charge in [-0.1, -0.05) is 30.3 Å². The summed E-state index contributed by atoms with van der Waals surface area (Å²) in [6, 6.07) is 15.6. The Bertz CT molecular complexity index is 824. The van der Waals surface area contributed by atoms with Crippen LogP contribution in [0.3, 0.4) is 0 Å². The van der Waals surface area contributed by atoms with E-state index in [2.05, 4.69) is 34.3 Å². The Morgan fingerprint density at radius 3 is 2.27 bits per heavy atom. The van der Waals surface area contributed by atoms with Crippen molar-refractivity contribution in [2.24, 2.45) is 0 Å². The van der Waals surface area contributed by atoms with E-state index in [1.807, 2.05) is 30.3 Å². The first-order chi connectivity index (χ1) is 14.6. The van der Waals surface area contributed by atoms with Crippen molar-refractivity contribution >= 4 is 12.0 Å². The molecule has 6 heteroatoms. The molecule has 30 heavy (non-hydrogen) atoms. The molecule has 1 fully saturated rings. The Morgan fingerprint density at radius 2 is 1.67 bits per heavy atom. The molecule has 2 aromatic carbocycles. The first-order valence-electron chi connectivity index (χ1n) is 10.2.